The van der Waals surface area contributed by atoms with Crippen LogP contribution >= 0.6 is 11.6 Å². The van der Waals surface area contributed by atoms with Crippen molar-refractivity contribution in [2.75, 3.05) is 0 Å². The van der Waals surface area contributed by atoms with E-state index in [4.69, 9.17) is 21.1 Å². The van der Waals surface area contributed by atoms with Gasteiger partial charge in [-0.1, -0.05) is 23.7 Å². The summed E-state index contributed by atoms with van der Waals surface area (Å²) in [5, 5.41) is 12.3. The van der Waals surface area contributed by atoms with E-state index in [1.807, 2.05) is 0 Å². The summed E-state index contributed by atoms with van der Waals surface area (Å²) < 4.78 is 5.44. The topological polar surface area (TPSA) is 79.5 Å². The van der Waals surface area contributed by atoms with Crippen molar-refractivity contribution in [2.24, 2.45) is 0 Å². The molecule has 1 amide bonds. The van der Waals surface area contributed by atoms with Gasteiger partial charge < -0.3 is 14.8 Å². The maximum Gasteiger partial charge on any atom is 0.325 e. The van der Waals surface area contributed by atoms with Crippen LogP contribution in [0.25, 0.3) is 11.0 Å². The normalized spacial score (nSPS) is 12.4. The lowest BCUT2D eigenvalue weighted by Crippen LogP contribution is -2.38. The molecule has 1 aromatic carbocycles. The van der Waals surface area contributed by atoms with Crippen LogP contribution in [0.15, 0.2) is 22.6 Å². The molecule has 0 saturated carbocycles. The number of carbonyl (C=O) groups is 2. The van der Waals surface area contributed by atoms with Gasteiger partial charge in [-0.2, -0.15) is 0 Å². The Morgan fingerprint density at radius 1 is 1.42 bits per heavy atom. The highest BCUT2D eigenvalue weighted by atomic mass is 35.5. The van der Waals surface area contributed by atoms with Gasteiger partial charge in [-0.25, -0.2) is 0 Å². The second-order valence-electron chi connectivity index (χ2n) is 4.21. The summed E-state index contributed by atoms with van der Waals surface area (Å²) in [4.78, 5) is 22.7. The molecule has 2 rings (SSSR count). The molecule has 0 radical (unpaired) electrons. The minimum Gasteiger partial charge on any atom is -0.480 e. The maximum atomic E-state index is 12.0. The third-order valence-corrected chi connectivity index (χ3v) is 3.14. The first kappa shape index (κ1) is 13.4. The van der Waals surface area contributed by atoms with Crippen LogP contribution < -0.4 is 5.32 Å². The van der Waals surface area contributed by atoms with Gasteiger partial charge in [-0.15, -0.1) is 0 Å². The Labute approximate surface area is 114 Å². The summed E-state index contributed by atoms with van der Waals surface area (Å²) in [6.07, 6.45) is 0. The molecule has 0 aliphatic heterocycles. The second-order valence-corrected chi connectivity index (χ2v) is 4.61. The molecular formula is C13H12ClNO4. The van der Waals surface area contributed by atoms with Gasteiger partial charge in [-0.05, 0) is 19.9 Å². The number of benzene rings is 1. The fourth-order valence-corrected chi connectivity index (χ4v) is 1.96. The molecule has 2 aromatic rings. The van der Waals surface area contributed by atoms with Gasteiger partial charge in [0.05, 0.1) is 5.02 Å². The molecule has 0 bridgehead atoms. The Balaban J connectivity index is 2.41. The van der Waals surface area contributed by atoms with E-state index in [0.29, 0.717) is 16.2 Å². The van der Waals surface area contributed by atoms with Crippen molar-refractivity contribution in [3.8, 4) is 0 Å². The fourth-order valence-electron chi connectivity index (χ4n) is 1.75. The third-order valence-electron chi connectivity index (χ3n) is 2.84. The van der Waals surface area contributed by atoms with E-state index >= 15 is 0 Å². The number of hydrogen-bond donors (Lipinski definition) is 2. The number of furan rings is 1. The molecule has 5 nitrogen and oxygen atoms in total. The summed E-state index contributed by atoms with van der Waals surface area (Å²) in [6, 6.07) is 4.22. The predicted molar refractivity (Wildman–Crippen MR) is 70.5 cm³/mol. The van der Waals surface area contributed by atoms with Gasteiger partial charge in [0.2, 0.25) is 0 Å². The predicted octanol–water partition coefficient (Wildman–Crippen LogP) is 2.60. The number of carboxylic acid groups (broad SMARTS) is 1. The highest BCUT2D eigenvalue weighted by Crippen LogP contribution is 2.30. The van der Waals surface area contributed by atoms with Crippen molar-refractivity contribution >= 4 is 34.4 Å². The zero-order valence-electron chi connectivity index (χ0n) is 10.4. The summed E-state index contributed by atoms with van der Waals surface area (Å²) in [5.74, 6) is -1.60. The first-order valence-electron chi connectivity index (χ1n) is 5.63. The van der Waals surface area contributed by atoms with Crippen molar-refractivity contribution in [3.05, 3.63) is 34.5 Å². The van der Waals surface area contributed by atoms with Crippen molar-refractivity contribution in [1.82, 2.24) is 5.32 Å². The average molecular weight is 282 g/mol. The molecule has 0 saturated heterocycles. The van der Waals surface area contributed by atoms with Gasteiger partial charge in [0.25, 0.3) is 5.91 Å². The minimum atomic E-state index is -1.11. The van der Waals surface area contributed by atoms with Crippen molar-refractivity contribution in [2.45, 2.75) is 19.9 Å². The second kappa shape index (κ2) is 4.93. The van der Waals surface area contributed by atoms with Crippen LogP contribution in [-0.4, -0.2) is 23.0 Å². The van der Waals surface area contributed by atoms with E-state index in [1.54, 1.807) is 25.1 Å². The minimum absolute atomic E-state index is 0.0798. The molecule has 100 valence electrons. The molecule has 1 aromatic heterocycles. The standard InChI is InChI=1S/C13H12ClNO4/c1-6-8-4-3-5-9(14)11(8)19-10(6)12(16)15-7(2)13(17)18/h3-5,7H,1-2H3,(H,15,16)(H,17,18)/t7-/m0/s1. The van der Waals surface area contributed by atoms with Crippen molar-refractivity contribution in [1.29, 1.82) is 0 Å². The maximum absolute atomic E-state index is 12.0. The van der Waals surface area contributed by atoms with Crippen LogP contribution in [-0.2, 0) is 4.79 Å². The Hall–Kier alpha value is -2.01. The number of halogens is 1. The molecule has 0 fully saturated rings. The van der Waals surface area contributed by atoms with E-state index in [9.17, 15) is 9.59 Å². The number of amides is 1. The van der Waals surface area contributed by atoms with Gasteiger partial charge in [0.1, 0.15) is 6.04 Å². The molecule has 0 aliphatic rings. The lowest BCUT2D eigenvalue weighted by molar-refractivity contribution is -0.138. The van der Waals surface area contributed by atoms with Crippen LogP contribution in [0.4, 0.5) is 0 Å². The number of carbonyl (C=O) groups excluding carboxylic acids is 1. The highest BCUT2D eigenvalue weighted by Gasteiger charge is 2.22. The number of hydrogen-bond acceptors (Lipinski definition) is 3. The van der Waals surface area contributed by atoms with E-state index in [1.165, 1.54) is 6.92 Å². The molecule has 6 heteroatoms. The quantitative estimate of drug-likeness (QED) is 0.906. The zero-order valence-corrected chi connectivity index (χ0v) is 11.1. The van der Waals surface area contributed by atoms with Gasteiger partial charge in [0.15, 0.2) is 11.3 Å². The number of rotatable bonds is 3. The Morgan fingerprint density at radius 3 is 2.68 bits per heavy atom. The first-order chi connectivity index (χ1) is 8.91. The highest BCUT2D eigenvalue weighted by molar-refractivity contribution is 6.35. The van der Waals surface area contributed by atoms with E-state index in [2.05, 4.69) is 5.32 Å². The van der Waals surface area contributed by atoms with Crippen LogP contribution in [0.2, 0.25) is 5.02 Å². The molecular weight excluding hydrogens is 270 g/mol. The fraction of sp³-hybridized carbons (Fsp3) is 0.231. The average Bonchev–Trinajstić information content (AvgIpc) is 2.68. The van der Waals surface area contributed by atoms with Crippen molar-refractivity contribution < 1.29 is 19.1 Å². The van der Waals surface area contributed by atoms with Gasteiger partial charge >= 0.3 is 5.97 Å². The van der Waals surface area contributed by atoms with Crippen LogP contribution in [0, 0.1) is 6.92 Å². The van der Waals surface area contributed by atoms with Gasteiger partial charge in [0, 0.05) is 10.9 Å². The Kier molecular flexibility index (Phi) is 3.48. The number of aryl methyl sites for hydroxylation is 1. The van der Waals surface area contributed by atoms with E-state index < -0.39 is 17.9 Å². The molecule has 1 atom stereocenters. The number of carboxylic acids is 1. The summed E-state index contributed by atoms with van der Waals surface area (Å²) >= 11 is 5.98. The molecule has 0 spiro atoms. The Morgan fingerprint density at radius 2 is 2.11 bits per heavy atom. The van der Waals surface area contributed by atoms with Crippen LogP contribution in [0.1, 0.15) is 23.0 Å². The molecule has 0 unspecified atom stereocenters. The smallest absolute Gasteiger partial charge is 0.325 e. The SMILES string of the molecule is Cc1c(C(=O)N[C@@H](C)C(=O)O)oc2c(Cl)cccc12. The monoisotopic (exact) mass is 281 g/mol. The van der Waals surface area contributed by atoms with E-state index in [-0.39, 0.29) is 5.76 Å². The largest absolute Gasteiger partial charge is 0.480 e. The summed E-state index contributed by atoms with van der Waals surface area (Å²) in [7, 11) is 0. The lowest BCUT2D eigenvalue weighted by Gasteiger charge is -2.07. The number of fused-ring (bicyclic) bond motifs is 1. The van der Waals surface area contributed by atoms with Gasteiger partial charge in [-0.3, -0.25) is 9.59 Å². The molecule has 19 heavy (non-hydrogen) atoms. The first-order valence-corrected chi connectivity index (χ1v) is 6.01. The summed E-state index contributed by atoms with van der Waals surface area (Å²) in [6.45, 7) is 3.10. The number of para-hydroxylation sites is 1. The van der Waals surface area contributed by atoms with Crippen LogP contribution in [0.3, 0.4) is 0 Å². The molecule has 2 N–H and O–H groups in total. The summed E-state index contributed by atoms with van der Waals surface area (Å²) in [5.41, 5.74) is 1.06. The van der Waals surface area contributed by atoms with Crippen LogP contribution in [0.5, 0.6) is 0 Å². The van der Waals surface area contributed by atoms with Crippen molar-refractivity contribution in [3.63, 3.8) is 0 Å². The lowest BCUT2D eigenvalue weighted by atomic mass is 10.1. The Bertz CT molecular complexity index is 662. The number of nitrogens with one attached hydrogen (secondary N) is 1. The number of aliphatic carboxylic acids is 1. The molecule has 1 heterocycles. The third kappa shape index (κ3) is 2.42. The molecule has 0 aliphatic carbocycles. The zero-order chi connectivity index (χ0) is 14.2. The van der Waals surface area contributed by atoms with E-state index in [0.717, 1.165) is 5.39 Å².